The fourth-order valence-electron chi connectivity index (χ4n) is 2.15. The minimum absolute atomic E-state index is 0.0154. The number of piperazine rings is 1. The Morgan fingerprint density at radius 1 is 1.21 bits per heavy atom. The summed E-state index contributed by atoms with van der Waals surface area (Å²) in [5, 5.41) is 0. The van der Waals surface area contributed by atoms with Crippen LogP contribution < -0.4 is 0 Å². The van der Waals surface area contributed by atoms with Crippen LogP contribution >= 0.6 is 11.6 Å². The van der Waals surface area contributed by atoms with Crippen molar-refractivity contribution in [3.63, 3.8) is 0 Å². The van der Waals surface area contributed by atoms with E-state index in [1.807, 2.05) is 4.90 Å². The van der Waals surface area contributed by atoms with E-state index in [1.165, 1.54) is 6.07 Å². The van der Waals surface area contributed by atoms with Crippen LogP contribution in [0, 0.1) is 11.6 Å². The zero-order valence-electron chi connectivity index (χ0n) is 10.4. The number of hydrogen-bond donors (Lipinski definition) is 0. The predicted molar refractivity (Wildman–Crippen MR) is 68.9 cm³/mol. The van der Waals surface area contributed by atoms with Gasteiger partial charge in [-0.15, -0.1) is 11.6 Å². The van der Waals surface area contributed by atoms with Crippen molar-refractivity contribution in [2.75, 3.05) is 32.1 Å². The highest BCUT2D eigenvalue weighted by Crippen LogP contribution is 2.15. The van der Waals surface area contributed by atoms with E-state index in [1.54, 1.807) is 11.0 Å². The lowest BCUT2D eigenvalue weighted by Gasteiger charge is -2.34. The topological polar surface area (TPSA) is 23.6 Å². The molecule has 0 unspecified atom stereocenters. The zero-order chi connectivity index (χ0) is 13.8. The Kier molecular flexibility index (Phi) is 4.71. The molecule has 1 saturated heterocycles. The summed E-state index contributed by atoms with van der Waals surface area (Å²) < 4.78 is 26.6. The van der Waals surface area contributed by atoms with Crippen molar-refractivity contribution in [3.8, 4) is 0 Å². The van der Waals surface area contributed by atoms with Crippen molar-refractivity contribution in [1.82, 2.24) is 9.80 Å². The van der Waals surface area contributed by atoms with Crippen LogP contribution in [0.5, 0.6) is 0 Å². The van der Waals surface area contributed by atoms with Gasteiger partial charge in [-0.3, -0.25) is 9.69 Å². The molecule has 1 aliphatic rings. The Hall–Kier alpha value is -1.20. The molecule has 0 aliphatic carbocycles. The summed E-state index contributed by atoms with van der Waals surface area (Å²) in [6.45, 7) is 2.77. The van der Waals surface area contributed by atoms with Crippen LogP contribution in [0.3, 0.4) is 0 Å². The van der Waals surface area contributed by atoms with Crippen LogP contribution in [0.1, 0.15) is 5.56 Å². The van der Waals surface area contributed by atoms with Gasteiger partial charge in [0.2, 0.25) is 5.91 Å². The van der Waals surface area contributed by atoms with Crippen LogP contribution in [0.4, 0.5) is 8.78 Å². The molecule has 0 radical (unpaired) electrons. The van der Waals surface area contributed by atoms with E-state index in [2.05, 4.69) is 0 Å². The molecule has 0 spiro atoms. The van der Waals surface area contributed by atoms with Gasteiger partial charge in [0.15, 0.2) is 11.6 Å². The molecule has 6 heteroatoms. The van der Waals surface area contributed by atoms with E-state index in [-0.39, 0.29) is 11.8 Å². The minimum atomic E-state index is -0.826. The maximum atomic E-state index is 13.5. The SMILES string of the molecule is O=C(CCl)N1CCN(Cc2cccc(F)c2F)CC1. The highest BCUT2D eigenvalue weighted by molar-refractivity contribution is 6.27. The number of alkyl halides is 1. The Morgan fingerprint density at radius 3 is 2.53 bits per heavy atom. The van der Waals surface area contributed by atoms with Gasteiger partial charge in [-0.1, -0.05) is 12.1 Å². The van der Waals surface area contributed by atoms with E-state index in [0.29, 0.717) is 38.3 Å². The molecule has 1 aromatic rings. The van der Waals surface area contributed by atoms with E-state index in [0.717, 1.165) is 6.07 Å². The summed E-state index contributed by atoms with van der Waals surface area (Å²) in [5.74, 6) is -1.72. The molecule has 2 rings (SSSR count). The Bertz CT molecular complexity index is 462. The summed E-state index contributed by atoms with van der Waals surface area (Å²) in [4.78, 5) is 15.1. The smallest absolute Gasteiger partial charge is 0.237 e. The van der Waals surface area contributed by atoms with Crippen molar-refractivity contribution in [3.05, 3.63) is 35.4 Å². The van der Waals surface area contributed by atoms with Crippen LogP contribution in [0.2, 0.25) is 0 Å². The van der Waals surface area contributed by atoms with E-state index >= 15 is 0 Å². The number of carbonyl (C=O) groups is 1. The first-order chi connectivity index (χ1) is 9.11. The van der Waals surface area contributed by atoms with Crippen molar-refractivity contribution in [2.45, 2.75) is 6.54 Å². The standard InChI is InChI=1S/C13H15ClF2N2O/c14-8-12(19)18-6-4-17(5-7-18)9-10-2-1-3-11(15)13(10)16/h1-3H,4-9H2. The van der Waals surface area contributed by atoms with Gasteiger partial charge in [-0.05, 0) is 6.07 Å². The van der Waals surface area contributed by atoms with Crippen molar-refractivity contribution in [1.29, 1.82) is 0 Å². The summed E-state index contributed by atoms with van der Waals surface area (Å²) in [5.41, 5.74) is 0.345. The number of hydrogen-bond acceptors (Lipinski definition) is 2. The molecule has 0 saturated carbocycles. The van der Waals surface area contributed by atoms with Gasteiger partial charge < -0.3 is 4.90 Å². The van der Waals surface area contributed by atoms with Gasteiger partial charge in [0.25, 0.3) is 0 Å². The van der Waals surface area contributed by atoms with E-state index in [4.69, 9.17) is 11.6 Å². The fraction of sp³-hybridized carbons (Fsp3) is 0.462. The Labute approximate surface area is 115 Å². The van der Waals surface area contributed by atoms with Gasteiger partial charge in [0.1, 0.15) is 5.88 Å². The lowest BCUT2D eigenvalue weighted by Crippen LogP contribution is -2.48. The second-order valence-electron chi connectivity index (χ2n) is 4.50. The average molecular weight is 289 g/mol. The molecule has 0 aromatic heterocycles. The highest BCUT2D eigenvalue weighted by atomic mass is 35.5. The molecule has 1 fully saturated rings. The fourth-order valence-corrected chi connectivity index (χ4v) is 2.32. The maximum absolute atomic E-state index is 13.5. The second-order valence-corrected chi connectivity index (χ2v) is 4.77. The van der Waals surface area contributed by atoms with Gasteiger partial charge >= 0.3 is 0 Å². The van der Waals surface area contributed by atoms with Crippen LogP contribution in [-0.4, -0.2) is 47.8 Å². The van der Waals surface area contributed by atoms with Crippen molar-refractivity contribution >= 4 is 17.5 Å². The summed E-state index contributed by atoms with van der Waals surface area (Å²) >= 11 is 5.49. The molecule has 1 heterocycles. The van der Waals surface area contributed by atoms with E-state index in [9.17, 15) is 13.6 Å². The number of amides is 1. The number of benzene rings is 1. The van der Waals surface area contributed by atoms with E-state index < -0.39 is 11.6 Å². The monoisotopic (exact) mass is 288 g/mol. The first kappa shape index (κ1) is 14.2. The normalized spacial score (nSPS) is 16.7. The van der Waals surface area contributed by atoms with Gasteiger partial charge in [-0.25, -0.2) is 8.78 Å². The molecule has 0 bridgehead atoms. The average Bonchev–Trinajstić information content (AvgIpc) is 2.44. The number of nitrogens with zero attached hydrogens (tertiary/aromatic N) is 2. The Balaban J connectivity index is 1.92. The third-order valence-corrected chi connectivity index (χ3v) is 3.49. The predicted octanol–water partition coefficient (Wildman–Crippen LogP) is 1.85. The molecule has 3 nitrogen and oxygen atoms in total. The number of halogens is 3. The Morgan fingerprint density at radius 2 is 1.89 bits per heavy atom. The number of carbonyl (C=O) groups excluding carboxylic acids is 1. The maximum Gasteiger partial charge on any atom is 0.237 e. The molecule has 0 atom stereocenters. The molecule has 19 heavy (non-hydrogen) atoms. The molecular formula is C13H15ClF2N2O. The minimum Gasteiger partial charge on any atom is -0.339 e. The van der Waals surface area contributed by atoms with Crippen LogP contribution in [0.15, 0.2) is 18.2 Å². The lowest BCUT2D eigenvalue weighted by atomic mass is 10.1. The summed E-state index contributed by atoms with van der Waals surface area (Å²) in [6, 6.07) is 4.19. The van der Waals surface area contributed by atoms with Crippen LogP contribution in [0.25, 0.3) is 0 Å². The molecule has 0 N–H and O–H groups in total. The number of rotatable bonds is 3. The van der Waals surface area contributed by atoms with Crippen molar-refractivity contribution in [2.24, 2.45) is 0 Å². The molecule has 104 valence electrons. The van der Waals surface area contributed by atoms with Gasteiger partial charge in [-0.2, -0.15) is 0 Å². The summed E-state index contributed by atoms with van der Waals surface area (Å²) in [6.07, 6.45) is 0. The summed E-state index contributed by atoms with van der Waals surface area (Å²) in [7, 11) is 0. The molecular weight excluding hydrogens is 274 g/mol. The first-order valence-corrected chi connectivity index (χ1v) is 6.64. The quantitative estimate of drug-likeness (QED) is 0.793. The van der Waals surface area contributed by atoms with Gasteiger partial charge in [0.05, 0.1) is 0 Å². The highest BCUT2D eigenvalue weighted by Gasteiger charge is 2.21. The van der Waals surface area contributed by atoms with Gasteiger partial charge in [0, 0.05) is 38.3 Å². The molecule has 1 aliphatic heterocycles. The molecule has 1 aromatic carbocycles. The van der Waals surface area contributed by atoms with Crippen LogP contribution in [-0.2, 0) is 11.3 Å². The molecule has 1 amide bonds. The second kappa shape index (κ2) is 6.30. The third kappa shape index (κ3) is 3.42. The zero-order valence-corrected chi connectivity index (χ0v) is 11.2. The first-order valence-electron chi connectivity index (χ1n) is 6.11. The largest absolute Gasteiger partial charge is 0.339 e. The third-order valence-electron chi connectivity index (χ3n) is 3.26. The lowest BCUT2D eigenvalue weighted by molar-refractivity contribution is -0.130. The van der Waals surface area contributed by atoms with Crippen molar-refractivity contribution < 1.29 is 13.6 Å².